The van der Waals surface area contributed by atoms with E-state index in [4.69, 9.17) is 4.74 Å². The normalized spacial score (nSPS) is 21.0. The van der Waals surface area contributed by atoms with Crippen molar-refractivity contribution in [2.75, 3.05) is 26.2 Å². The number of nitrogens with zero attached hydrogens (tertiary/aromatic N) is 2. The average Bonchev–Trinajstić information content (AvgIpc) is 2.78. The van der Waals surface area contributed by atoms with Crippen molar-refractivity contribution in [2.45, 2.75) is 31.8 Å². The number of rotatable bonds is 4. The summed E-state index contributed by atoms with van der Waals surface area (Å²) in [5, 5.41) is 0. The molecular weight excluding hydrogens is 295 g/mol. The highest BCUT2D eigenvalue weighted by Gasteiger charge is 2.49. The lowest BCUT2D eigenvalue weighted by atomic mass is 9.88. The Hall–Kier alpha value is -1.88. The Morgan fingerprint density at radius 3 is 2.48 bits per heavy atom. The molecule has 5 heteroatoms. The van der Waals surface area contributed by atoms with E-state index in [1.165, 1.54) is 12.1 Å². The summed E-state index contributed by atoms with van der Waals surface area (Å²) >= 11 is 0. The predicted molar refractivity (Wildman–Crippen MR) is 86.5 cm³/mol. The molecule has 1 spiro atoms. The third-order valence-electron chi connectivity index (χ3n) is 4.96. The van der Waals surface area contributed by atoms with Gasteiger partial charge in [-0.3, -0.25) is 4.90 Å². The Morgan fingerprint density at radius 2 is 1.91 bits per heavy atom. The number of hydrogen-bond acceptors (Lipinski definition) is 3. The number of hydrogen-bond donors (Lipinski definition) is 0. The Bertz CT molecular complexity index is 592. The first kappa shape index (κ1) is 16.0. The van der Waals surface area contributed by atoms with Gasteiger partial charge in [-0.05, 0) is 31.0 Å². The molecule has 0 bridgehead atoms. The molecule has 4 nitrogen and oxygen atoms in total. The van der Waals surface area contributed by atoms with Crippen LogP contribution in [0.5, 0.6) is 0 Å². The number of halogens is 1. The Labute approximate surface area is 136 Å². The van der Waals surface area contributed by atoms with Crippen LogP contribution in [-0.2, 0) is 11.2 Å². The van der Waals surface area contributed by atoms with Crippen molar-refractivity contribution in [3.63, 3.8) is 0 Å². The van der Waals surface area contributed by atoms with Crippen molar-refractivity contribution in [1.29, 1.82) is 0 Å². The number of carbonyl (C=O) groups is 1. The van der Waals surface area contributed by atoms with Gasteiger partial charge in [-0.25, -0.2) is 9.18 Å². The van der Waals surface area contributed by atoms with E-state index in [0.29, 0.717) is 6.54 Å². The van der Waals surface area contributed by atoms with Crippen LogP contribution in [0.15, 0.2) is 36.5 Å². The molecule has 1 amide bonds. The molecule has 0 N–H and O–H groups in total. The fraction of sp³-hybridized carbons (Fsp3) is 0.500. The summed E-state index contributed by atoms with van der Waals surface area (Å²) in [6, 6.07) is 6.67. The maximum absolute atomic E-state index is 12.9. The molecule has 2 aliphatic rings. The molecule has 0 unspecified atom stereocenters. The van der Waals surface area contributed by atoms with Crippen LogP contribution in [0.2, 0.25) is 0 Å². The first-order valence-electron chi connectivity index (χ1n) is 8.21. The summed E-state index contributed by atoms with van der Waals surface area (Å²) in [4.78, 5) is 15.9. The molecule has 23 heavy (non-hydrogen) atoms. The first-order chi connectivity index (χ1) is 11.0. The number of amides is 1. The topological polar surface area (TPSA) is 32.8 Å². The predicted octanol–water partition coefficient (Wildman–Crippen LogP) is 3.19. The van der Waals surface area contributed by atoms with Gasteiger partial charge in [0, 0.05) is 39.0 Å². The van der Waals surface area contributed by atoms with E-state index >= 15 is 0 Å². The van der Waals surface area contributed by atoms with Crippen molar-refractivity contribution in [3.8, 4) is 0 Å². The number of likely N-dealkylation sites (N-methyl/N-ethyl adjacent to an activating group) is 1. The van der Waals surface area contributed by atoms with Crippen LogP contribution < -0.4 is 0 Å². The van der Waals surface area contributed by atoms with Gasteiger partial charge < -0.3 is 9.64 Å². The van der Waals surface area contributed by atoms with Gasteiger partial charge in [-0.15, -0.1) is 0 Å². The lowest BCUT2D eigenvalue weighted by Crippen LogP contribution is -2.46. The molecule has 1 aromatic carbocycles. The first-order valence-corrected chi connectivity index (χ1v) is 8.21. The zero-order valence-electron chi connectivity index (χ0n) is 13.6. The number of likely N-dealkylation sites (tertiary alicyclic amines) is 1. The van der Waals surface area contributed by atoms with Crippen molar-refractivity contribution in [3.05, 3.63) is 47.9 Å². The maximum Gasteiger partial charge on any atom is 0.415 e. The van der Waals surface area contributed by atoms with E-state index in [2.05, 4.69) is 11.5 Å². The van der Waals surface area contributed by atoms with Gasteiger partial charge in [0.15, 0.2) is 5.60 Å². The highest BCUT2D eigenvalue weighted by atomic mass is 19.1. The third-order valence-corrected chi connectivity index (χ3v) is 4.96. The molecule has 0 saturated carbocycles. The minimum atomic E-state index is -0.501. The van der Waals surface area contributed by atoms with Gasteiger partial charge in [0.1, 0.15) is 5.82 Å². The van der Waals surface area contributed by atoms with Gasteiger partial charge in [0.05, 0.1) is 5.70 Å². The summed E-state index contributed by atoms with van der Waals surface area (Å²) < 4.78 is 18.6. The summed E-state index contributed by atoms with van der Waals surface area (Å²) in [6.07, 6.45) is 2.21. The summed E-state index contributed by atoms with van der Waals surface area (Å²) in [6.45, 7) is 9.32. The maximum atomic E-state index is 12.9. The molecular formula is C18H23FN2O2. The van der Waals surface area contributed by atoms with E-state index in [9.17, 15) is 9.18 Å². The van der Waals surface area contributed by atoms with Gasteiger partial charge in [0.2, 0.25) is 0 Å². The lowest BCUT2D eigenvalue weighted by molar-refractivity contribution is 0.0150. The third kappa shape index (κ3) is 3.11. The minimum absolute atomic E-state index is 0.198. The van der Waals surface area contributed by atoms with Gasteiger partial charge in [-0.1, -0.05) is 18.7 Å². The second kappa shape index (κ2) is 6.32. The van der Waals surface area contributed by atoms with E-state index in [1.54, 1.807) is 4.90 Å². The molecule has 1 aromatic rings. The molecule has 0 radical (unpaired) electrons. The molecule has 0 aromatic heterocycles. The van der Waals surface area contributed by atoms with Crippen LogP contribution in [0.1, 0.15) is 25.3 Å². The Balaban J connectivity index is 1.53. The summed E-state index contributed by atoms with van der Waals surface area (Å²) in [5.41, 5.74) is 1.45. The monoisotopic (exact) mass is 318 g/mol. The number of carbonyl (C=O) groups excluding carboxylic acids is 1. The van der Waals surface area contributed by atoms with Crippen molar-refractivity contribution >= 4 is 6.09 Å². The average molecular weight is 318 g/mol. The SMILES string of the molecule is C=C1N(CC)C(=O)OC12CCN(CCc1ccc(F)cc1)CC2. The molecule has 0 aliphatic carbocycles. The summed E-state index contributed by atoms with van der Waals surface area (Å²) in [7, 11) is 0. The van der Waals surface area contributed by atoms with E-state index < -0.39 is 5.60 Å². The highest BCUT2D eigenvalue weighted by molar-refractivity contribution is 5.74. The fourth-order valence-electron chi connectivity index (χ4n) is 3.42. The number of piperidine rings is 1. The van der Waals surface area contributed by atoms with Crippen molar-refractivity contribution in [1.82, 2.24) is 9.80 Å². The van der Waals surface area contributed by atoms with E-state index in [1.807, 2.05) is 19.1 Å². The van der Waals surface area contributed by atoms with E-state index in [-0.39, 0.29) is 11.9 Å². The molecule has 3 rings (SSSR count). The second-order valence-electron chi connectivity index (χ2n) is 6.27. The summed E-state index contributed by atoms with van der Waals surface area (Å²) in [5.74, 6) is -0.198. The molecule has 2 fully saturated rings. The molecule has 124 valence electrons. The quantitative estimate of drug-likeness (QED) is 0.855. The zero-order chi connectivity index (χ0) is 16.4. The van der Waals surface area contributed by atoms with E-state index in [0.717, 1.165) is 50.2 Å². The van der Waals surface area contributed by atoms with Crippen LogP contribution >= 0.6 is 0 Å². The second-order valence-corrected chi connectivity index (χ2v) is 6.27. The smallest absolute Gasteiger partial charge is 0.415 e. The Morgan fingerprint density at radius 1 is 1.26 bits per heavy atom. The highest BCUT2D eigenvalue weighted by Crippen LogP contribution is 2.40. The minimum Gasteiger partial charge on any atom is -0.436 e. The van der Waals surface area contributed by atoms with Crippen LogP contribution in [-0.4, -0.2) is 47.7 Å². The van der Waals surface area contributed by atoms with Gasteiger partial charge >= 0.3 is 6.09 Å². The largest absolute Gasteiger partial charge is 0.436 e. The molecule has 2 saturated heterocycles. The van der Waals surface area contributed by atoms with Gasteiger partial charge in [0.25, 0.3) is 0 Å². The van der Waals surface area contributed by atoms with Crippen LogP contribution in [0.25, 0.3) is 0 Å². The lowest BCUT2D eigenvalue weighted by Gasteiger charge is -2.38. The van der Waals surface area contributed by atoms with Crippen molar-refractivity contribution < 1.29 is 13.9 Å². The van der Waals surface area contributed by atoms with Crippen LogP contribution in [0.4, 0.5) is 9.18 Å². The fourth-order valence-corrected chi connectivity index (χ4v) is 3.42. The standard InChI is InChI=1S/C18H23FN2O2/c1-3-21-14(2)18(23-17(21)22)9-12-20(13-10-18)11-8-15-4-6-16(19)7-5-15/h4-7H,2-3,8-13H2,1H3. The van der Waals surface area contributed by atoms with Crippen LogP contribution in [0, 0.1) is 5.82 Å². The van der Waals surface area contributed by atoms with Crippen molar-refractivity contribution in [2.24, 2.45) is 0 Å². The Kier molecular flexibility index (Phi) is 4.39. The molecule has 0 atom stereocenters. The molecule has 2 aliphatic heterocycles. The van der Waals surface area contributed by atoms with Gasteiger partial charge in [-0.2, -0.15) is 0 Å². The number of ether oxygens (including phenoxy) is 1. The zero-order valence-corrected chi connectivity index (χ0v) is 13.6. The van der Waals surface area contributed by atoms with Crippen LogP contribution in [0.3, 0.4) is 0 Å². The molecule has 2 heterocycles. The number of benzene rings is 1.